The Hall–Kier alpha value is -3.13. The first-order valence-electron chi connectivity index (χ1n) is 11.0. The highest BCUT2D eigenvalue weighted by atomic mass is 35.5. The van der Waals surface area contributed by atoms with Gasteiger partial charge in [0.1, 0.15) is 0 Å². The van der Waals surface area contributed by atoms with Crippen LogP contribution in [0.25, 0.3) is 0 Å². The van der Waals surface area contributed by atoms with Crippen molar-refractivity contribution in [3.63, 3.8) is 0 Å². The lowest BCUT2D eigenvalue weighted by Gasteiger charge is -2.37. The number of hydrogen-bond donors (Lipinski definition) is 1. The Kier molecular flexibility index (Phi) is 4.52. The van der Waals surface area contributed by atoms with E-state index in [-0.39, 0.29) is 51.8 Å². The van der Waals surface area contributed by atoms with Crippen LogP contribution < -0.4 is 10.2 Å². The van der Waals surface area contributed by atoms with Crippen LogP contribution in [-0.4, -0.2) is 17.7 Å². The molecule has 2 aromatic rings. The van der Waals surface area contributed by atoms with E-state index in [2.05, 4.69) is 17.5 Å². The van der Waals surface area contributed by atoms with Gasteiger partial charge >= 0.3 is 6.18 Å². The van der Waals surface area contributed by atoms with E-state index in [1.807, 2.05) is 0 Å². The number of benzene rings is 2. The van der Waals surface area contributed by atoms with E-state index in [1.165, 1.54) is 29.2 Å². The van der Waals surface area contributed by atoms with Gasteiger partial charge < -0.3 is 5.32 Å². The lowest BCUT2D eigenvalue weighted by atomic mass is 9.63. The van der Waals surface area contributed by atoms with Gasteiger partial charge in [-0.2, -0.15) is 13.2 Å². The van der Waals surface area contributed by atoms with Crippen LogP contribution in [0.4, 0.5) is 24.5 Å². The SMILES string of the molecule is O=C(Nc1cc(C(F)(F)F)ccc1Cl)c1ccc(N2C(=O)[C@H]3[C@@H]4C=C[C@@H]([C@H]5C[C@H]45)[C@@H]3C2=O)cc1. The van der Waals surface area contributed by atoms with E-state index < -0.39 is 17.6 Å². The average molecular weight is 487 g/mol. The zero-order valence-electron chi connectivity index (χ0n) is 17.6. The van der Waals surface area contributed by atoms with Crippen LogP contribution in [0.1, 0.15) is 22.3 Å². The molecule has 2 bridgehead atoms. The molecule has 3 fully saturated rings. The highest BCUT2D eigenvalue weighted by Crippen LogP contribution is 2.65. The van der Waals surface area contributed by atoms with Gasteiger partial charge in [0.05, 0.1) is 33.8 Å². The molecule has 1 heterocycles. The molecule has 174 valence electrons. The van der Waals surface area contributed by atoms with Gasteiger partial charge in [-0.15, -0.1) is 0 Å². The number of nitrogens with zero attached hydrogens (tertiary/aromatic N) is 1. The quantitative estimate of drug-likeness (QED) is 0.481. The van der Waals surface area contributed by atoms with Crippen LogP contribution in [-0.2, 0) is 15.8 Å². The van der Waals surface area contributed by atoms with Crippen molar-refractivity contribution >= 4 is 40.7 Å². The fourth-order valence-corrected chi connectivity index (χ4v) is 6.13. The zero-order valence-corrected chi connectivity index (χ0v) is 18.3. The van der Waals surface area contributed by atoms with Crippen molar-refractivity contribution in [3.05, 3.63) is 70.8 Å². The number of carbonyl (C=O) groups excluding carboxylic acids is 3. The van der Waals surface area contributed by atoms with Gasteiger partial charge in [0.2, 0.25) is 11.8 Å². The largest absolute Gasteiger partial charge is 0.416 e. The summed E-state index contributed by atoms with van der Waals surface area (Å²) in [5.41, 5.74) is -0.569. The third-order valence-electron chi connectivity index (χ3n) is 7.59. The van der Waals surface area contributed by atoms with Gasteiger partial charge in [-0.25, -0.2) is 0 Å². The van der Waals surface area contributed by atoms with Crippen molar-refractivity contribution in [1.29, 1.82) is 0 Å². The van der Waals surface area contributed by atoms with E-state index in [0.29, 0.717) is 17.5 Å². The van der Waals surface area contributed by atoms with Crippen molar-refractivity contribution < 1.29 is 27.6 Å². The average Bonchev–Trinajstić information content (AvgIpc) is 3.58. The molecule has 0 spiro atoms. The summed E-state index contributed by atoms with van der Waals surface area (Å²) in [6.45, 7) is 0. The molecule has 2 saturated carbocycles. The number of halogens is 4. The van der Waals surface area contributed by atoms with Crippen molar-refractivity contribution in [2.45, 2.75) is 12.6 Å². The Morgan fingerprint density at radius 1 is 0.941 bits per heavy atom. The maximum absolute atomic E-state index is 13.2. The Morgan fingerprint density at radius 3 is 2.09 bits per heavy atom. The number of allylic oxidation sites excluding steroid dienone is 2. The number of alkyl halides is 3. The maximum atomic E-state index is 13.2. The molecule has 6 atom stereocenters. The summed E-state index contributed by atoms with van der Waals surface area (Å²) < 4.78 is 38.9. The predicted molar refractivity (Wildman–Crippen MR) is 118 cm³/mol. The lowest BCUT2D eigenvalue weighted by molar-refractivity contribution is -0.137. The van der Waals surface area contributed by atoms with E-state index >= 15 is 0 Å². The van der Waals surface area contributed by atoms with Crippen LogP contribution in [0.3, 0.4) is 0 Å². The fourth-order valence-electron chi connectivity index (χ4n) is 5.97. The summed E-state index contributed by atoms with van der Waals surface area (Å²) in [6, 6.07) is 8.54. The van der Waals surface area contributed by atoms with Gasteiger partial charge in [-0.1, -0.05) is 23.8 Å². The highest BCUT2D eigenvalue weighted by Gasteiger charge is 2.67. The molecule has 9 heteroatoms. The van der Waals surface area contributed by atoms with Crippen molar-refractivity contribution in [2.75, 3.05) is 10.2 Å². The molecule has 0 aromatic heterocycles. The number of rotatable bonds is 3. The topological polar surface area (TPSA) is 66.5 Å². The number of hydrogen-bond acceptors (Lipinski definition) is 3. The van der Waals surface area contributed by atoms with Gasteiger partial charge in [-0.05, 0) is 72.6 Å². The second-order valence-corrected chi connectivity index (χ2v) is 9.77. The first-order chi connectivity index (χ1) is 16.1. The van der Waals surface area contributed by atoms with Crippen molar-refractivity contribution in [3.8, 4) is 0 Å². The van der Waals surface area contributed by atoms with Crippen LogP contribution in [0, 0.1) is 35.5 Å². The second kappa shape index (κ2) is 7.18. The molecule has 1 aliphatic heterocycles. The van der Waals surface area contributed by atoms with Gasteiger partial charge in [0, 0.05) is 5.56 Å². The number of carbonyl (C=O) groups is 3. The molecule has 5 aliphatic rings. The molecule has 7 rings (SSSR count). The first-order valence-corrected chi connectivity index (χ1v) is 11.4. The van der Waals surface area contributed by atoms with Gasteiger partial charge in [0.25, 0.3) is 5.91 Å². The second-order valence-electron chi connectivity index (χ2n) is 9.36. The molecule has 4 aliphatic carbocycles. The minimum atomic E-state index is -4.58. The van der Waals surface area contributed by atoms with E-state index in [1.54, 1.807) is 0 Å². The monoisotopic (exact) mass is 486 g/mol. The summed E-state index contributed by atoms with van der Waals surface area (Å²) in [4.78, 5) is 40.2. The minimum Gasteiger partial charge on any atom is -0.321 e. The Balaban J connectivity index is 1.22. The van der Waals surface area contributed by atoms with Crippen LogP contribution in [0.5, 0.6) is 0 Å². The van der Waals surface area contributed by atoms with Crippen LogP contribution in [0.2, 0.25) is 5.02 Å². The molecule has 5 nitrogen and oxygen atoms in total. The molecular weight excluding hydrogens is 469 g/mol. The van der Waals surface area contributed by atoms with Crippen LogP contribution in [0.15, 0.2) is 54.6 Å². The minimum absolute atomic E-state index is 0.0323. The fraction of sp³-hybridized carbons (Fsp3) is 0.320. The molecule has 3 amide bonds. The summed E-state index contributed by atoms with van der Waals surface area (Å²) in [5.74, 6) is -0.478. The van der Waals surface area contributed by atoms with Gasteiger partial charge in [-0.3, -0.25) is 19.3 Å². The Morgan fingerprint density at radius 2 is 1.53 bits per heavy atom. The summed E-state index contributed by atoms with van der Waals surface area (Å²) in [6.07, 6.45) is 0.699. The smallest absolute Gasteiger partial charge is 0.321 e. The number of imide groups is 1. The molecule has 1 N–H and O–H groups in total. The van der Waals surface area contributed by atoms with E-state index in [0.717, 1.165) is 24.6 Å². The number of anilines is 2. The molecule has 1 saturated heterocycles. The molecule has 34 heavy (non-hydrogen) atoms. The lowest BCUT2D eigenvalue weighted by Crippen LogP contribution is -2.40. The Labute approximate surface area is 197 Å². The predicted octanol–water partition coefficient (Wildman–Crippen LogP) is 5.17. The van der Waals surface area contributed by atoms with Crippen molar-refractivity contribution in [2.24, 2.45) is 35.5 Å². The van der Waals surface area contributed by atoms with Crippen LogP contribution >= 0.6 is 11.6 Å². The normalized spacial score (nSPS) is 30.9. The zero-order chi connectivity index (χ0) is 23.9. The highest BCUT2D eigenvalue weighted by molar-refractivity contribution is 6.34. The third-order valence-corrected chi connectivity index (χ3v) is 7.92. The standard InChI is InChI=1S/C25H18ClF3N2O3/c26-18-8-3-12(25(27,28)29)9-19(18)30-22(32)11-1-4-13(5-2-11)31-23(33)20-14-6-7-15(17-10-16(14)17)21(20)24(31)34/h1-9,14-17,20-21H,10H2,(H,30,32)/t14-,15+,16-,17-,20+,21+/m1/s1. The summed E-state index contributed by atoms with van der Waals surface area (Å²) in [7, 11) is 0. The van der Waals surface area contributed by atoms with E-state index in [4.69, 9.17) is 11.6 Å². The molecular formula is C25H18ClF3N2O3. The maximum Gasteiger partial charge on any atom is 0.416 e. The van der Waals surface area contributed by atoms with Gasteiger partial charge in [0.15, 0.2) is 0 Å². The molecule has 0 radical (unpaired) electrons. The molecule has 0 unspecified atom stereocenters. The number of nitrogens with one attached hydrogen (secondary N) is 1. The first kappa shape index (κ1) is 21.4. The summed E-state index contributed by atoms with van der Waals surface area (Å²) in [5, 5.41) is 2.36. The molecule has 2 aromatic carbocycles. The summed E-state index contributed by atoms with van der Waals surface area (Å²) >= 11 is 5.95. The van der Waals surface area contributed by atoms with Crippen molar-refractivity contribution in [1.82, 2.24) is 0 Å². The van der Waals surface area contributed by atoms with E-state index in [9.17, 15) is 27.6 Å². The number of amides is 3. The Bertz CT molecular complexity index is 1240. The third kappa shape index (κ3) is 3.11.